The molecular formula is C17H18FN3. The van der Waals surface area contributed by atoms with Crippen molar-refractivity contribution in [3.05, 3.63) is 53.2 Å². The van der Waals surface area contributed by atoms with Crippen LogP contribution in [0.5, 0.6) is 0 Å². The Bertz CT molecular complexity index is 661. The van der Waals surface area contributed by atoms with Crippen molar-refractivity contribution in [3.63, 3.8) is 0 Å². The molecule has 1 aromatic heterocycles. The van der Waals surface area contributed by atoms with Crippen molar-refractivity contribution in [1.29, 1.82) is 0 Å². The van der Waals surface area contributed by atoms with E-state index in [0.717, 1.165) is 30.2 Å². The second-order valence-corrected chi connectivity index (χ2v) is 5.31. The van der Waals surface area contributed by atoms with Crippen molar-refractivity contribution < 1.29 is 4.39 Å². The first kappa shape index (κ1) is 13.7. The van der Waals surface area contributed by atoms with Crippen LogP contribution >= 0.6 is 0 Å². The molecule has 2 heterocycles. The molecule has 1 saturated heterocycles. The van der Waals surface area contributed by atoms with Gasteiger partial charge in [-0.1, -0.05) is 18.2 Å². The fraction of sp³-hybridized carbons (Fsp3) is 0.294. The molecule has 0 radical (unpaired) electrons. The Balaban J connectivity index is 1.84. The molecule has 21 heavy (non-hydrogen) atoms. The first-order chi connectivity index (χ1) is 10.2. The highest BCUT2D eigenvalue weighted by Crippen LogP contribution is 2.19. The molecule has 0 atom stereocenters. The van der Waals surface area contributed by atoms with Gasteiger partial charge in [-0.3, -0.25) is 0 Å². The number of aromatic nitrogens is 2. The van der Waals surface area contributed by atoms with Gasteiger partial charge >= 0.3 is 0 Å². The van der Waals surface area contributed by atoms with Gasteiger partial charge in [0.25, 0.3) is 0 Å². The summed E-state index contributed by atoms with van der Waals surface area (Å²) in [6.07, 6.45) is 6.11. The number of hydrogen-bond donors (Lipinski definition) is 0. The van der Waals surface area contributed by atoms with E-state index in [1.165, 1.54) is 25.0 Å². The van der Waals surface area contributed by atoms with Gasteiger partial charge in [0.15, 0.2) is 5.82 Å². The highest BCUT2D eigenvalue weighted by atomic mass is 19.1. The van der Waals surface area contributed by atoms with Crippen molar-refractivity contribution in [2.75, 3.05) is 18.0 Å². The summed E-state index contributed by atoms with van der Waals surface area (Å²) in [5.41, 5.74) is 1.76. The van der Waals surface area contributed by atoms with Gasteiger partial charge in [0.05, 0.1) is 0 Å². The van der Waals surface area contributed by atoms with Crippen LogP contribution in [-0.4, -0.2) is 23.1 Å². The van der Waals surface area contributed by atoms with Crippen LogP contribution in [0.4, 0.5) is 10.2 Å². The summed E-state index contributed by atoms with van der Waals surface area (Å²) in [7, 11) is 0. The summed E-state index contributed by atoms with van der Waals surface area (Å²) >= 11 is 0. The number of nitrogens with zero attached hydrogens (tertiary/aromatic N) is 3. The van der Waals surface area contributed by atoms with Gasteiger partial charge in [0.1, 0.15) is 11.6 Å². The highest BCUT2D eigenvalue weighted by Gasteiger charge is 2.14. The van der Waals surface area contributed by atoms with E-state index in [1.54, 1.807) is 6.07 Å². The molecule has 1 aliphatic heterocycles. The minimum absolute atomic E-state index is 0.236. The monoisotopic (exact) mass is 283 g/mol. The lowest BCUT2D eigenvalue weighted by molar-refractivity contribution is 0.627. The minimum Gasteiger partial charge on any atom is -0.356 e. The first-order valence-corrected chi connectivity index (χ1v) is 7.25. The van der Waals surface area contributed by atoms with E-state index in [9.17, 15) is 4.39 Å². The molecule has 0 N–H and O–H groups in total. The number of aryl methyl sites for hydroxylation is 1. The van der Waals surface area contributed by atoms with Gasteiger partial charge in [0, 0.05) is 24.8 Å². The predicted octanol–water partition coefficient (Wildman–Crippen LogP) is 3.69. The van der Waals surface area contributed by atoms with Crippen LogP contribution in [0.3, 0.4) is 0 Å². The lowest BCUT2D eigenvalue weighted by atomic mass is 10.2. The molecule has 1 aliphatic rings. The molecule has 3 rings (SSSR count). The van der Waals surface area contributed by atoms with Gasteiger partial charge in [-0.15, -0.1) is 0 Å². The van der Waals surface area contributed by atoms with Gasteiger partial charge in [0.2, 0.25) is 0 Å². The molecule has 0 amide bonds. The van der Waals surface area contributed by atoms with Crippen LogP contribution in [0.2, 0.25) is 0 Å². The van der Waals surface area contributed by atoms with E-state index in [4.69, 9.17) is 0 Å². The molecule has 3 nitrogen and oxygen atoms in total. The molecule has 0 aliphatic carbocycles. The number of rotatable bonds is 3. The quantitative estimate of drug-likeness (QED) is 0.860. The zero-order valence-electron chi connectivity index (χ0n) is 12.1. The molecule has 0 unspecified atom stereocenters. The van der Waals surface area contributed by atoms with Gasteiger partial charge in [-0.05, 0) is 43.5 Å². The smallest absolute Gasteiger partial charge is 0.154 e. The maximum absolute atomic E-state index is 13.2. The highest BCUT2D eigenvalue weighted by molar-refractivity contribution is 5.67. The standard InChI is InChI=1S/C17H18FN3/c1-13-11-17(21-9-2-3-10-21)20-16(19-13)8-7-14-5-4-6-15(18)12-14/h4-8,11-12H,2-3,9-10H2,1H3/b8-7+. The van der Waals surface area contributed by atoms with Crippen LogP contribution in [0, 0.1) is 12.7 Å². The third-order valence-corrected chi connectivity index (χ3v) is 3.56. The summed E-state index contributed by atoms with van der Waals surface area (Å²) in [6, 6.07) is 8.50. The average Bonchev–Trinajstić information content (AvgIpc) is 2.99. The molecule has 1 aromatic carbocycles. The maximum Gasteiger partial charge on any atom is 0.154 e. The lowest BCUT2D eigenvalue weighted by Crippen LogP contribution is -2.19. The second kappa shape index (κ2) is 6.04. The molecule has 1 fully saturated rings. The van der Waals surface area contributed by atoms with Crippen LogP contribution in [0.15, 0.2) is 30.3 Å². The fourth-order valence-corrected chi connectivity index (χ4v) is 2.54. The predicted molar refractivity (Wildman–Crippen MR) is 83.5 cm³/mol. The maximum atomic E-state index is 13.2. The third kappa shape index (κ3) is 3.45. The third-order valence-electron chi connectivity index (χ3n) is 3.56. The lowest BCUT2D eigenvalue weighted by Gasteiger charge is -2.16. The SMILES string of the molecule is Cc1cc(N2CCCC2)nc(/C=C/c2cccc(F)c2)n1. The summed E-state index contributed by atoms with van der Waals surface area (Å²) in [4.78, 5) is 11.3. The summed E-state index contributed by atoms with van der Waals surface area (Å²) in [6.45, 7) is 4.09. The number of benzene rings is 1. The van der Waals surface area contributed by atoms with Crippen LogP contribution in [0.25, 0.3) is 12.2 Å². The molecule has 4 heteroatoms. The van der Waals surface area contributed by atoms with E-state index in [1.807, 2.05) is 31.2 Å². The van der Waals surface area contributed by atoms with Gasteiger partial charge in [-0.25, -0.2) is 14.4 Å². The van der Waals surface area contributed by atoms with Gasteiger partial charge in [-0.2, -0.15) is 0 Å². The molecule has 0 saturated carbocycles. The molecule has 2 aromatic rings. The van der Waals surface area contributed by atoms with Crippen LogP contribution < -0.4 is 4.90 Å². The molecule has 0 spiro atoms. The van der Waals surface area contributed by atoms with Crippen molar-refractivity contribution in [2.45, 2.75) is 19.8 Å². The topological polar surface area (TPSA) is 29.0 Å². The van der Waals surface area contributed by atoms with Crippen LogP contribution in [0.1, 0.15) is 29.9 Å². The molecular weight excluding hydrogens is 265 g/mol. The first-order valence-electron chi connectivity index (χ1n) is 7.25. The zero-order chi connectivity index (χ0) is 14.7. The van der Waals surface area contributed by atoms with E-state index >= 15 is 0 Å². The van der Waals surface area contributed by atoms with Gasteiger partial charge < -0.3 is 4.90 Å². The van der Waals surface area contributed by atoms with Crippen molar-refractivity contribution in [3.8, 4) is 0 Å². The summed E-state index contributed by atoms with van der Waals surface area (Å²) in [5, 5.41) is 0. The molecule has 108 valence electrons. The van der Waals surface area contributed by atoms with E-state index in [2.05, 4.69) is 14.9 Å². The Hall–Kier alpha value is -2.23. The van der Waals surface area contributed by atoms with Crippen molar-refractivity contribution in [1.82, 2.24) is 9.97 Å². The van der Waals surface area contributed by atoms with Crippen LogP contribution in [-0.2, 0) is 0 Å². The minimum atomic E-state index is -0.236. The Labute approximate surface area is 124 Å². The second-order valence-electron chi connectivity index (χ2n) is 5.31. The van der Waals surface area contributed by atoms with E-state index < -0.39 is 0 Å². The summed E-state index contributed by atoms with van der Waals surface area (Å²) < 4.78 is 13.2. The largest absolute Gasteiger partial charge is 0.356 e. The number of halogens is 1. The Kier molecular flexibility index (Phi) is 3.95. The number of anilines is 1. The normalized spacial score (nSPS) is 15.0. The Morgan fingerprint density at radius 3 is 2.67 bits per heavy atom. The Morgan fingerprint density at radius 1 is 1.10 bits per heavy atom. The fourth-order valence-electron chi connectivity index (χ4n) is 2.54. The number of hydrogen-bond acceptors (Lipinski definition) is 3. The summed E-state index contributed by atoms with van der Waals surface area (Å²) in [5.74, 6) is 1.42. The zero-order valence-corrected chi connectivity index (χ0v) is 12.1. The van der Waals surface area contributed by atoms with E-state index in [0.29, 0.717) is 5.82 Å². The van der Waals surface area contributed by atoms with E-state index in [-0.39, 0.29) is 5.82 Å². The van der Waals surface area contributed by atoms with Crippen molar-refractivity contribution in [2.24, 2.45) is 0 Å². The van der Waals surface area contributed by atoms with Crippen molar-refractivity contribution >= 4 is 18.0 Å². The Morgan fingerprint density at radius 2 is 1.90 bits per heavy atom. The molecule has 0 bridgehead atoms. The average molecular weight is 283 g/mol.